The number of benzene rings is 3. The molecule has 0 aromatic heterocycles. The van der Waals surface area contributed by atoms with E-state index in [1.165, 1.54) is 38.9 Å². The minimum absolute atomic E-state index is 0.0808. The van der Waals surface area contributed by atoms with Gasteiger partial charge in [-0.2, -0.15) is 0 Å². The Kier molecular flexibility index (Phi) is 7.01. The summed E-state index contributed by atoms with van der Waals surface area (Å²) in [7, 11) is 3.35. The molecule has 1 heterocycles. The van der Waals surface area contributed by atoms with Crippen LogP contribution in [0.25, 0.3) is 0 Å². The number of nitrogens with zero attached hydrogens (tertiary/aromatic N) is 1. The Morgan fingerprint density at radius 1 is 0.917 bits per heavy atom. The van der Waals surface area contributed by atoms with Gasteiger partial charge in [-0.25, -0.2) is 0 Å². The molecule has 0 spiro atoms. The lowest BCUT2D eigenvalue weighted by Gasteiger charge is -2.38. The Labute approximate surface area is 214 Å². The molecular weight excluding hydrogens is 448 g/mol. The van der Waals surface area contributed by atoms with Crippen molar-refractivity contribution in [3.63, 3.8) is 0 Å². The van der Waals surface area contributed by atoms with Crippen LogP contribution in [0, 0.1) is 13.8 Å². The van der Waals surface area contributed by atoms with Gasteiger partial charge >= 0.3 is 0 Å². The second-order valence-corrected chi connectivity index (χ2v) is 10.1. The zero-order valence-electron chi connectivity index (χ0n) is 21.8. The largest absolute Gasteiger partial charge is 0.493 e. The molecule has 2 aliphatic rings. The molecule has 2 atom stereocenters. The fourth-order valence-electron chi connectivity index (χ4n) is 5.79. The molecule has 1 N–H and O–H groups in total. The molecule has 0 bridgehead atoms. The number of ether oxygens (including phenoxy) is 2. The number of amides is 1. The van der Waals surface area contributed by atoms with Crippen LogP contribution in [0.1, 0.15) is 57.4 Å². The van der Waals surface area contributed by atoms with Gasteiger partial charge in [-0.3, -0.25) is 9.69 Å². The van der Waals surface area contributed by atoms with Crippen molar-refractivity contribution in [2.75, 3.05) is 27.3 Å². The average Bonchev–Trinajstić information content (AvgIpc) is 3.29. The van der Waals surface area contributed by atoms with Crippen LogP contribution in [-0.4, -0.2) is 38.1 Å². The summed E-state index contributed by atoms with van der Waals surface area (Å²) in [6.45, 7) is 5.50. The first-order valence-corrected chi connectivity index (χ1v) is 12.9. The van der Waals surface area contributed by atoms with Crippen molar-refractivity contribution >= 4 is 5.91 Å². The number of hydrogen-bond donors (Lipinski definition) is 1. The Morgan fingerprint density at radius 2 is 1.69 bits per heavy atom. The SMILES string of the molecule is COc1cc2c(cc1OC)C(Cc1ccc(C)c(C)c1)N(CC(=O)N[C@H]1CCc3ccccc31)CC2. The van der Waals surface area contributed by atoms with Crippen LogP contribution in [0.4, 0.5) is 0 Å². The van der Waals surface area contributed by atoms with E-state index in [0.29, 0.717) is 6.54 Å². The minimum atomic E-state index is 0.0808. The summed E-state index contributed by atoms with van der Waals surface area (Å²) >= 11 is 0. The molecule has 0 radical (unpaired) electrons. The number of hydrogen-bond acceptors (Lipinski definition) is 4. The molecule has 3 aromatic rings. The van der Waals surface area contributed by atoms with Gasteiger partial charge in [0, 0.05) is 12.6 Å². The van der Waals surface area contributed by atoms with Gasteiger partial charge in [-0.15, -0.1) is 0 Å². The summed E-state index contributed by atoms with van der Waals surface area (Å²) in [5, 5.41) is 3.32. The van der Waals surface area contributed by atoms with Crippen LogP contribution in [0.2, 0.25) is 0 Å². The second kappa shape index (κ2) is 10.4. The maximum Gasteiger partial charge on any atom is 0.234 e. The minimum Gasteiger partial charge on any atom is -0.493 e. The third-order valence-corrected chi connectivity index (χ3v) is 7.93. The summed E-state index contributed by atoms with van der Waals surface area (Å²) in [5.41, 5.74) is 8.96. The van der Waals surface area contributed by atoms with E-state index in [9.17, 15) is 4.79 Å². The summed E-state index contributed by atoms with van der Waals surface area (Å²) in [6, 6.07) is 19.5. The number of carbonyl (C=O) groups excluding carboxylic acids is 1. The van der Waals surface area contributed by atoms with Crippen LogP contribution >= 0.6 is 0 Å². The van der Waals surface area contributed by atoms with Gasteiger partial charge in [-0.1, -0.05) is 42.5 Å². The normalized spacial score (nSPS) is 18.9. The number of aryl methyl sites for hydroxylation is 3. The monoisotopic (exact) mass is 484 g/mol. The van der Waals surface area contributed by atoms with Crippen LogP contribution in [0.5, 0.6) is 11.5 Å². The molecule has 1 aliphatic heterocycles. The molecule has 3 aromatic carbocycles. The molecular formula is C31H36N2O3. The highest BCUT2D eigenvalue weighted by molar-refractivity contribution is 5.79. The quantitative estimate of drug-likeness (QED) is 0.497. The van der Waals surface area contributed by atoms with Gasteiger partial charge in [0.25, 0.3) is 0 Å². The zero-order valence-corrected chi connectivity index (χ0v) is 21.8. The van der Waals surface area contributed by atoms with Gasteiger partial charge < -0.3 is 14.8 Å². The van der Waals surface area contributed by atoms with Crippen molar-refractivity contribution in [2.45, 2.75) is 51.6 Å². The van der Waals surface area contributed by atoms with Crippen molar-refractivity contribution in [1.29, 1.82) is 0 Å². The van der Waals surface area contributed by atoms with E-state index in [2.05, 4.69) is 78.7 Å². The van der Waals surface area contributed by atoms with Gasteiger partial charge in [0.2, 0.25) is 5.91 Å². The lowest BCUT2D eigenvalue weighted by Crippen LogP contribution is -2.44. The van der Waals surface area contributed by atoms with E-state index >= 15 is 0 Å². The van der Waals surface area contributed by atoms with Crippen LogP contribution in [0.3, 0.4) is 0 Å². The van der Waals surface area contributed by atoms with E-state index < -0.39 is 0 Å². The highest BCUT2D eigenvalue weighted by atomic mass is 16.5. The number of rotatable bonds is 7. The van der Waals surface area contributed by atoms with E-state index in [-0.39, 0.29) is 18.0 Å². The molecule has 1 aliphatic carbocycles. The summed E-state index contributed by atoms with van der Waals surface area (Å²) in [4.78, 5) is 15.6. The van der Waals surface area contributed by atoms with Crippen molar-refractivity contribution in [3.8, 4) is 11.5 Å². The molecule has 0 saturated carbocycles. The summed E-state index contributed by atoms with van der Waals surface area (Å²) < 4.78 is 11.2. The molecule has 0 fully saturated rings. The van der Waals surface area contributed by atoms with E-state index in [1.807, 2.05) is 0 Å². The van der Waals surface area contributed by atoms with Crippen LogP contribution in [-0.2, 0) is 24.1 Å². The lowest BCUT2D eigenvalue weighted by atomic mass is 9.87. The van der Waals surface area contributed by atoms with Gasteiger partial charge in [0.1, 0.15) is 0 Å². The molecule has 1 amide bonds. The summed E-state index contributed by atoms with van der Waals surface area (Å²) in [6.07, 6.45) is 3.70. The smallest absolute Gasteiger partial charge is 0.234 e. The van der Waals surface area contributed by atoms with Crippen LogP contribution < -0.4 is 14.8 Å². The topological polar surface area (TPSA) is 50.8 Å². The molecule has 5 heteroatoms. The zero-order chi connectivity index (χ0) is 25.2. The first-order chi connectivity index (χ1) is 17.5. The van der Waals surface area contributed by atoms with Gasteiger partial charge in [0.05, 0.1) is 26.8 Å². The van der Waals surface area contributed by atoms with Crippen molar-refractivity contribution in [1.82, 2.24) is 10.2 Å². The molecule has 5 nitrogen and oxygen atoms in total. The third-order valence-electron chi connectivity index (χ3n) is 7.93. The molecule has 5 rings (SSSR count). The number of carbonyl (C=O) groups is 1. The Bertz CT molecular complexity index is 1270. The van der Waals surface area contributed by atoms with E-state index in [1.54, 1.807) is 14.2 Å². The fraction of sp³-hybridized carbons (Fsp3) is 0.387. The van der Waals surface area contributed by atoms with Crippen molar-refractivity contribution < 1.29 is 14.3 Å². The van der Waals surface area contributed by atoms with Crippen LogP contribution in [0.15, 0.2) is 54.6 Å². The standard InChI is InChI=1S/C31H36N2O3/c1-20-9-10-22(15-21(20)2)16-28-26-18-30(36-4)29(35-3)17-24(26)13-14-33(28)19-31(34)32-27-12-11-23-7-5-6-8-25(23)27/h5-10,15,17-18,27-28H,11-14,16,19H2,1-4H3,(H,32,34)/t27-,28?/m0/s1. The molecule has 188 valence electrons. The Hall–Kier alpha value is -3.31. The van der Waals surface area contributed by atoms with Crippen molar-refractivity contribution in [3.05, 3.63) is 93.5 Å². The first-order valence-electron chi connectivity index (χ1n) is 12.9. The number of fused-ring (bicyclic) bond motifs is 2. The Balaban J connectivity index is 1.41. The number of nitrogens with one attached hydrogen (secondary N) is 1. The fourth-order valence-corrected chi connectivity index (χ4v) is 5.79. The predicted octanol–water partition coefficient (Wildman–Crippen LogP) is 5.27. The second-order valence-electron chi connectivity index (χ2n) is 10.1. The molecule has 36 heavy (non-hydrogen) atoms. The molecule has 0 saturated heterocycles. The Morgan fingerprint density at radius 3 is 2.47 bits per heavy atom. The van der Waals surface area contributed by atoms with Gasteiger partial charge in [-0.05, 0) is 90.6 Å². The van der Waals surface area contributed by atoms with E-state index in [0.717, 1.165) is 43.7 Å². The third kappa shape index (κ3) is 4.85. The summed E-state index contributed by atoms with van der Waals surface area (Å²) in [5.74, 6) is 1.58. The van der Waals surface area contributed by atoms with Gasteiger partial charge in [0.15, 0.2) is 11.5 Å². The predicted molar refractivity (Wildman–Crippen MR) is 143 cm³/mol. The number of methoxy groups -OCH3 is 2. The highest BCUT2D eigenvalue weighted by Gasteiger charge is 2.32. The van der Waals surface area contributed by atoms with E-state index in [4.69, 9.17) is 9.47 Å². The average molecular weight is 485 g/mol. The molecule has 1 unspecified atom stereocenters. The first kappa shape index (κ1) is 24.4. The van der Waals surface area contributed by atoms with Crippen molar-refractivity contribution in [2.24, 2.45) is 0 Å². The maximum atomic E-state index is 13.3. The maximum absolute atomic E-state index is 13.3. The lowest BCUT2D eigenvalue weighted by molar-refractivity contribution is -0.123. The highest BCUT2D eigenvalue weighted by Crippen LogP contribution is 2.39.